The van der Waals surface area contributed by atoms with Gasteiger partial charge in [-0.2, -0.15) is 0 Å². The van der Waals surface area contributed by atoms with Crippen molar-refractivity contribution in [3.63, 3.8) is 0 Å². The molecule has 1 aliphatic heterocycles. The molecule has 1 aromatic heterocycles. The molecule has 0 fully saturated rings. The highest BCUT2D eigenvalue weighted by atomic mass is 32.1. The number of thiazole rings is 1. The summed E-state index contributed by atoms with van der Waals surface area (Å²) in [6, 6.07) is 9.47. The molecule has 1 aromatic carbocycles. The highest BCUT2D eigenvalue weighted by molar-refractivity contribution is 7.15. The number of aryl methyl sites for hydroxylation is 2. The Hall–Kier alpha value is -2.87. The molecule has 2 aromatic rings. The van der Waals surface area contributed by atoms with Crippen molar-refractivity contribution in [2.75, 3.05) is 19.5 Å². The standard InChI is InChI=1S/C22H27N3O4S/c1-12-14(3)30-21(23-12)25-22(4)18(20(27)29-6)17(15-10-8-7-9-11-15)16(13(2)24-22)19(26)28-5/h7-11,17-18,24H,1-6H3,(H,23,25). The van der Waals surface area contributed by atoms with Crippen LogP contribution in [0.25, 0.3) is 0 Å². The van der Waals surface area contributed by atoms with E-state index >= 15 is 0 Å². The van der Waals surface area contributed by atoms with Gasteiger partial charge in [0.1, 0.15) is 11.6 Å². The lowest BCUT2D eigenvalue weighted by Crippen LogP contribution is -2.62. The van der Waals surface area contributed by atoms with Gasteiger partial charge in [0, 0.05) is 16.5 Å². The molecule has 0 aliphatic carbocycles. The number of methoxy groups -OCH3 is 2. The molecule has 3 unspecified atom stereocenters. The fourth-order valence-electron chi connectivity index (χ4n) is 4.03. The minimum absolute atomic E-state index is 0.407. The number of hydrogen-bond donors (Lipinski definition) is 2. The van der Waals surface area contributed by atoms with Gasteiger partial charge in [-0.1, -0.05) is 30.3 Å². The van der Waals surface area contributed by atoms with Crippen LogP contribution >= 0.6 is 11.3 Å². The molecule has 0 bridgehead atoms. The van der Waals surface area contributed by atoms with Gasteiger partial charge in [-0.15, -0.1) is 11.3 Å². The third-order valence-electron chi connectivity index (χ3n) is 5.53. The molecular weight excluding hydrogens is 402 g/mol. The summed E-state index contributed by atoms with van der Waals surface area (Å²) in [5.74, 6) is -2.24. The average Bonchev–Trinajstić information content (AvgIpc) is 3.03. The molecule has 8 heteroatoms. The number of nitrogens with zero attached hydrogens (tertiary/aromatic N) is 1. The number of aromatic nitrogens is 1. The molecule has 3 atom stereocenters. The summed E-state index contributed by atoms with van der Waals surface area (Å²) in [4.78, 5) is 31.5. The van der Waals surface area contributed by atoms with Crippen LogP contribution in [0.15, 0.2) is 41.6 Å². The van der Waals surface area contributed by atoms with Crippen molar-refractivity contribution in [3.05, 3.63) is 57.7 Å². The Morgan fingerprint density at radius 2 is 1.80 bits per heavy atom. The molecule has 3 rings (SSSR count). The fraction of sp³-hybridized carbons (Fsp3) is 0.409. The molecule has 0 amide bonds. The van der Waals surface area contributed by atoms with Gasteiger partial charge >= 0.3 is 11.9 Å². The molecule has 160 valence electrons. The molecule has 0 spiro atoms. The van der Waals surface area contributed by atoms with E-state index in [1.165, 1.54) is 25.6 Å². The summed E-state index contributed by atoms with van der Waals surface area (Å²) in [6.07, 6.45) is 0. The second kappa shape index (κ2) is 8.47. The van der Waals surface area contributed by atoms with E-state index < -0.39 is 29.4 Å². The van der Waals surface area contributed by atoms with E-state index in [9.17, 15) is 9.59 Å². The van der Waals surface area contributed by atoms with E-state index in [4.69, 9.17) is 9.47 Å². The highest BCUT2D eigenvalue weighted by Crippen LogP contribution is 2.45. The number of esters is 2. The maximum Gasteiger partial charge on any atom is 0.336 e. The molecule has 30 heavy (non-hydrogen) atoms. The van der Waals surface area contributed by atoms with E-state index in [1.807, 2.05) is 58.0 Å². The first kappa shape index (κ1) is 21.8. The smallest absolute Gasteiger partial charge is 0.336 e. The third kappa shape index (κ3) is 3.92. The van der Waals surface area contributed by atoms with Gasteiger partial charge in [0.2, 0.25) is 0 Å². The lowest BCUT2D eigenvalue weighted by Gasteiger charge is -2.46. The Morgan fingerprint density at radius 1 is 1.13 bits per heavy atom. The van der Waals surface area contributed by atoms with Crippen molar-refractivity contribution in [3.8, 4) is 0 Å². The molecule has 2 N–H and O–H groups in total. The fourth-order valence-corrected chi connectivity index (χ4v) is 4.96. The number of benzene rings is 1. The maximum absolute atomic E-state index is 13.1. The minimum Gasteiger partial charge on any atom is -0.469 e. The predicted octanol–water partition coefficient (Wildman–Crippen LogP) is 3.51. The van der Waals surface area contributed by atoms with Crippen LogP contribution in [-0.2, 0) is 19.1 Å². The number of ether oxygens (including phenoxy) is 2. The number of carbonyl (C=O) groups is 2. The number of anilines is 1. The van der Waals surface area contributed by atoms with Gasteiger partial charge < -0.3 is 20.1 Å². The van der Waals surface area contributed by atoms with Crippen LogP contribution in [0.4, 0.5) is 5.13 Å². The van der Waals surface area contributed by atoms with Crippen LogP contribution in [0.5, 0.6) is 0 Å². The number of nitrogens with one attached hydrogen (secondary N) is 2. The van der Waals surface area contributed by atoms with E-state index in [0.717, 1.165) is 16.1 Å². The van der Waals surface area contributed by atoms with Crippen molar-refractivity contribution in [2.45, 2.75) is 39.3 Å². The first-order chi connectivity index (χ1) is 14.2. The lowest BCUT2D eigenvalue weighted by molar-refractivity contribution is -0.149. The lowest BCUT2D eigenvalue weighted by atomic mass is 9.71. The predicted molar refractivity (Wildman–Crippen MR) is 116 cm³/mol. The highest BCUT2D eigenvalue weighted by Gasteiger charge is 2.52. The van der Waals surface area contributed by atoms with Gasteiger partial charge in [0.05, 0.1) is 25.5 Å². The summed E-state index contributed by atoms with van der Waals surface area (Å²) in [6.45, 7) is 7.64. The minimum atomic E-state index is -0.952. The first-order valence-corrected chi connectivity index (χ1v) is 10.5. The van der Waals surface area contributed by atoms with Crippen LogP contribution < -0.4 is 10.6 Å². The topological polar surface area (TPSA) is 89.5 Å². The zero-order valence-corrected chi connectivity index (χ0v) is 18.8. The molecular formula is C22H27N3O4S. The second-order valence-electron chi connectivity index (χ2n) is 7.53. The van der Waals surface area contributed by atoms with E-state index in [0.29, 0.717) is 16.4 Å². The zero-order chi connectivity index (χ0) is 22.1. The summed E-state index contributed by atoms with van der Waals surface area (Å²) >= 11 is 1.52. The Kier molecular flexibility index (Phi) is 6.17. The van der Waals surface area contributed by atoms with Crippen molar-refractivity contribution < 1.29 is 19.1 Å². The van der Waals surface area contributed by atoms with Crippen LogP contribution in [0, 0.1) is 19.8 Å². The average molecular weight is 430 g/mol. The summed E-state index contributed by atoms with van der Waals surface area (Å²) < 4.78 is 10.2. The number of hydrogen-bond acceptors (Lipinski definition) is 8. The Balaban J connectivity index is 2.19. The molecule has 0 saturated carbocycles. The summed E-state index contributed by atoms with van der Waals surface area (Å²) in [5.41, 5.74) is 1.85. The van der Waals surface area contributed by atoms with Crippen molar-refractivity contribution in [1.82, 2.24) is 10.3 Å². The Labute approximate surface area is 180 Å². The number of rotatable bonds is 5. The van der Waals surface area contributed by atoms with Crippen molar-refractivity contribution in [2.24, 2.45) is 5.92 Å². The SMILES string of the molecule is COC(=O)C1=C(C)NC(C)(Nc2nc(C)c(C)s2)C(C(=O)OC)C1c1ccccc1. The number of allylic oxidation sites excluding steroid dienone is 1. The molecule has 7 nitrogen and oxygen atoms in total. The van der Waals surface area contributed by atoms with Crippen molar-refractivity contribution in [1.29, 1.82) is 0 Å². The summed E-state index contributed by atoms with van der Waals surface area (Å²) in [5, 5.41) is 7.42. The van der Waals surface area contributed by atoms with Crippen LogP contribution in [-0.4, -0.2) is 36.8 Å². The normalized spacial score (nSPS) is 23.5. The quantitative estimate of drug-likeness (QED) is 0.703. The molecule has 2 heterocycles. The van der Waals surface area contributed by atoms with Crippen LogP contribution in [0.2, 0.25) is 0 Å². The number of carbonyl (C=O) groups excluding carboxylic acids is 2. The largest absolute Gasteiger partial charge is 0.469 e. The van der Waals surface area contributed by atoms with E-state index in [1.54, 1.807) is 0 Å². The zero-order valence-electron chi connectivity index (χ0n) is 18.0. The van der Waals surface area contributed by atoms with E-state index in [2.05, 4.69) is 15.6 Å². The maximum atomic E-state index is 13.1. The van der Waals surface area contributed by atoms with Gasteiger partial charge in [-0.05, 0) is 33.3 Å². The van der Waals surface area contributed by atoms with Gasteiger partial charge in [-0.25, -0.2) is 9.78 Å². The van der Waals surface area contributed by atoms with E-state index in [-0.39, 0.29) is 0 Å². The molecule has 0 saturated heterocycles. The van der Waals surface area contributed by atoms with Crippen molar-refractivity contribution >= 4 is 28.4 Å². The summed E-state index contributed by atoms with van der Waals surface area (Å²) in [7, 11) is 2.69. The van der Waals surface area contributed by atoms with Gasteiger partial charge in [0.25, 0.3) is 0 Å². The third-order valence-corrected chi connectivity index (χ3v) is 6.52. The van der Waals surface area contributed by atoms with Crippen LogP contribution in [0.1, 0.15) is 35.9 Å². The Bertz CT molecular complexity index is 966. The molecule has 0 radical (unpaired) electrons. The molecule has 1 aliphatic rings. The first-order valence-electron chi connectivity index (χ1n) is 9.64. The Morgan fingerprint density at radius 3 is 2.33 bits per heavy atom. The van der Waals surface area contributed by atoms with Gasteiger partial charge in [0.15, 0.2) is 5.13 Å². The van der Waals surface area contributed by atoms with Crippen LogP contribution in [0.3, 0.4) is 0 Å². The van der Waals surface area contributed by atoms with Gasteiger partial charge in [-0.3, -0.25) is 4.79 Å². The monoisotopic (exact) mass is 429 g/mol. The second-order valence-corrected chi connectivity index (χ2v) is 8.74.